The number of ether oxygens (including phenoxy) is 1. The zero-order valence-corrected chi connectivity index (χ0v) is 14.8. The number of nitrogens with one attached hydrogen (secondary N) is 1. The summed E-state index contributed by atoms with van der Waals surface area (Å²) in [5.41, 5.74) is 0.352. The summed E-state index contributed by atoms with van der Waals surface area (Å²) in [4.78, 5) is 4.46. The van der Waals surface area contributed by atoms with Gasteiger partial charge in [-0.05, 0) is 32.6 Å². The van der Waals surface area contributed by atoms with Gasteiger partial charge in [-0.3, -0.25) is 0 Å². The van der Waals surface area contributed by atoms with Gasteiger partial charge in [-0.25, -0.2) is 18.1 Å². The SMILES string of the molecule is Cc1noc(C)c1S(=O)(=O)N[C@@H](c1nccn1C)C1CCOCC1. The van der Waals surface area contributed by atoms with Crippen LogP contribution in [0.4, 0.5) is 0 Å². The van der Waals surface area contributed by atoms with Gasteiger partial charge < -0.3 is 13.8 Å². The molecule has 3 heterocycles. The maximum atomic E-state index is 12.9. The minimum Gasteiger partial charge on any atom is -0.381 e. The van der Waals surface area contributed by atoms with Crippen LogP contribution >= 0.6 is 0 Å². The second-order valence-electron chi connectivity index (χ2n) is 6.10. The van der Waals surface area contributed by atoms with Crippen LogP contribution in [0, 0.1) is 19.8 Å². The normalized spacial score (nSPS) is 18.0. The molecular weight excluding hydrogens is 332 g/mol. The van der Waals surface area contributed by atoms with Crippen molar-refractivity contribution >= 4 is 10.0 Å². The summed E-state index contributed by atoms with van der Waals surface area (Å²) in [5, 5.41) is 3.75. The largest absolute Gasteiger partial charge is 0.381 e. The molecule has 0 unspecified atom stereocenters. The lowest BCUT2D eigenvalue weighted by Crippen LogP contribution is -2.37. The molecule has 0 bridgehead atoms. The Morgan fingerprint density at radius 1 is 1.33 bits per heavy atom. The first-order valence-electron chi connectivity index (χ1n) is 7.90. The van der Waals surface area contributed by atoms with Crippen molar-refractivity contribution in [2.45, 2.75) is 37.6 Å². The highest BCUT2D eigenvalue weighted by molar-refractivity contribution is 7.89. The topological polar surface area (TPSA) is 99.3 Å². The lowest BCUT2D eigenvalue weighted by molar-refractivity contribution is 0.0551. The Kier molecular flexibility index (Phi) is 4.75. The number of rotatable bonds is 5. The minimum absolute atomic E-state index is 0.105. The molecule has 1 atom stereocenters. The molecule has 1 aliphatic rings. The van der Waals surface area contributed by atoms with Gasteiger partial charge in [0.1, 0.15) is 16.4 Å². The lowest BCUT2D eigenvalue weighted by Gasteiger charge is -2.30. The van der Waals surface area contributed by atoms with Gasteiger partial charge in [0.15, 0.2) is 5.76 Å². The van der Waals surface area contributed by atoms with Crippen LogP contribution in [-0.4, -0.2) is 36.3 Å². The number of hydrogen-bond donors (Lipinski definition) is 1. The molecule has 0 aromatic carbocycles. The van der Waals surface area contributed by atoms with Crippen molar-refractivity contribution in [3.63, 3.8) is 0 Å². The molecule has 9 heteroatoms. The first-order valence-corrected chi connectivity index (χ1v) is 9.38. The molecule has 132 valence electrons. The van der Waals surface area contributed by atoms with Gasteiger partial charge >= 0.3 is 0 Å². The van der Waals surface area contributed by atoms with E-state index < -0.39 is 16.1 Å². The van der Waals surface area contributed by atoms with E-state index in [-0.39, 0.29) is 16.6 Å². The summed E-state index contributed by atoms with van der Waals surface area (Å²) in [6, 6.07) is -0.424. The summed E-state index contributed by atoms with van der Waals surface area (Å²) in [5.74, 6) is 1.10. The highest BCUT2D eigenvalue weighted by atomic mass is 32.2. The van der Waals surface area contributed by atoms with Crippen LogP contribution < -0.4 is 4.72 Å². The Hall–Kier alpha value is -1.71. The molecule has 0 spiro atoms. The minimum atomic E-state index is -3.77. The van der Waals surface area contributed by atoms with Gasteiger partial charge in [-0.1, -0.05) is 5.16 Å². The number of imidazole rings is 1. The molecule has 0 aliphatic carbocycles. The van der Waals surface area contributed by atoms with Gasteiger partial charge in [0.2, 0.25) is 10.0 Å². The highest BCUT2D eigenvalue weighted by Gasteiger charge is 2.34. The van der Waals surface area contributed by atoms with E-state index in [1.165, 1.54) is 0 Å². The Morgan fingerprint density at radius 3 is 2.58 bits per heavy atom. The van der Waals surface area contributed by atoms with E-state index in [4.69, 9.17) is 9.26 Å². The molecule has 8 nitrogen and oxygen atoms in total. The molecule has 0 saturated carbocycles. The third kappa shape index (κ3) is 3.24. The smallest absolute Gasteiger partial charge is 0.246 e. The van der Waals surface area contributed by atoms with E-state index in [9.17, 15) is 8.42 Å². The third-order valence-electron chi connectivity index (χ3n) is 4.39. The van der Waals surface area contributed by atoms with Crippen molar-refractivity contribution in [1.29, 1.82) is 0 Å². The number of hydrogen-bond acceptors (Lipinski definition) is 6. The summed E-state index contributed by atoms with van der Waals surface area (Å²) < 4.78 is 40.9. The van der Waals surface area contributed by atoms with E-state index in [1.807, 2.05) is 17.8 Å². The van der Waals surface area contributed by atoms with Crippen molar-refractivity contribution in [2.24, 2.45) is 13.0 Å². The Morgan fingerprint density at radius 2 is 2.04 bits per heavy atom. The zero-order chi connectivity index (χ0) is 17.3. The fraction of sp³-hybridized carbons (Fsp3) is 0.600. The summed E-state index contributed by atoms with van der Waals surface area (Å²) in [7, 11) is -1.91. The standard InChI is InChI=1S/C15H22N4O4S/c1-10-14(11(2)23-17-10)24(20,21)18-13(12-4-8-22-9-5-12)15-16-6-7-19(15)3/h6-7,12-13,18H,4-5,8-9H2,1-3H3/t13-/m1/s1. The van der Waals surface area contributed by atoms with Crippen LogP contribution in [0.2, 0.25) is 0 Å². The molecule has 2 aromatic heterocycles. The van der Waals surface area contributed by atoms with Gasteiger partial charge in [0.05, 0.1) is 6.04 Å². The van der Waals surface area contributed by atoms with Crippen molar-refractivity contribution in [2.75, 3.05) is 13.2 Å². The first kappa shape index (κ1) is 17.1. The number of sulfonamides is 1. The summed E-state index contributed by atoms with van der Waals surface area (Å²) in [6.07, 6.45) is 5.04. The molecule has 0 amide bonds. The fourth-order valence-electron chi connectivity index (χ4n) is 3.17. The fourth-order valence-corrected chi connectivity index (χ4v) is 4.76. The molecule has 1 saturated heterocycles. The molecule has 1 N–H and O–H groups in total. The molecule has 24 heavy (non-hydrogen) atoms. The van der Waals surface area contributed by atoms with E-state index in [0.717, 1.165) is 12.8 Å². The summed E-state index contributed by atoms with van der Waals surface area (Å²) >= 11 is 0. The van der Waals surface area contributed by atoms with Crippen molar-refractivity contribution in [3.8, 4) is 0 Å². The van der Waals surface area contributed by atoms with Gasteiger partial charge in [0, 0.05) is 32.7 Å². The van der Waals surface area contributed by atoms with E-state index in [2.05, 4.69) is 14.9 Å². The first-order chi connectivity index (χ1) is 11.4. The lowest BCUT2D eigenvalue weighted by atomic mass is 9.92. The van der Waals surface area contributed by atoms with Crippen LogP contribution in [0.5, 0.6) is 0 Å². The van der Waals surface area contributed by atoms with Crippen molar-refractivity contribution in [1.82, 2.24) is 19.4 Å². The Balaban J connectivity index is 1.96. The second-order valence-corrected chi connectivity index (χ2v) is 7.75. The average molecular weight is 354 g/mol. The molecule has 1 aliphatic heterocycles. The Labute approximate surface area is 141 Å². The predicted octanol–water partition coefficient (Wildman–Crippen LogP) is 1.47. The van der Waals surface area contributed by atoms with Crippen molar-refractivity contribution < 1.29 is 17.7 Å². The second kappa shape index (κ2) is 6.66. The van der Waals surface area contributed by atoms with Crippen LogP contribution in [0.15, 0.2) is 21.8 Å². The van der Waals surface area contributed by atoms with E-state index in [1.54, 1.807) is 20.0 Å². The molecule has 0 radical (unpaired) electrons. The van der Waals surface area contributed by atoms with Crippen LogP contribution in [-0.2, 0) is 21.8 Å². The number of aromatic nitrogens is 3. The van der Waals surface area contributed by atoms with Crippen LogP contribution in [0.1, 0.15) is 36.2 Å². The number of aryl methyl sites for hydroxylation is 3. The number of nitrogens with zero attached hydrogens (tertiary/aromatic N) is 3. The monoisotopic (exact) mass is 354 g/mol. The van der Waals surface area contributed by atoms with Crippen LogP contribution in [0.25, 0.3) is 0 Å². The molecule has 2 aromatic rings. The van der Waals surface area contributed by atoms with Gasteiger partial charge in [0.25, 0.3) is 0 Å². The maximum absolute atomic E-state index is 12.9. The average Bonchev–Trinajstić information content (AvgIpc) is 3.12. The van der Waals surface area contributed by atoms with Gasteiger partial charge in [-0.15, -0.1) is 0 Å². The zero-order valence-electron chi connectivity index (χ0n) is 14.0. The molecular formula is C15H22N4O4S. The highest BCUT2D eigenvalue weighted by Crippen LogP contribution is 2.31. The Bertz CT molecular complexity index is 786. The van der Waals surface area contributed by atoms with Crippen LogP contribution in [0.3, 0.4) is 0 Å². The maximum Gasteiger partial charge on any atom is 0.246 e. The summed E-state index contributed by atoms with van der Waals surface area (Å²) in [6.45, 7) is 4.46. The third-order valence-corrected chi connectivity index (χ3v) is 6.08. The van der Waals surface area contributed by atoms with E-state index >= 15 is 0 Å². The molecule has 3 rings (SSSR count). The quantitative estimate of drug-likeness (QED) is 0.873. The predicted molar refractivity (Wildman–Crippen MR) is 85.8 cm³/mol. The van der Waals surface area contributed by atoms with Gasteiger partial charge in [-0.2, -0.15) is 0 Å². The van der Waals surface area contributed by atoms with E-state index in [0.29, 0.717) is 24.7 Å². The molecule has 1 fully saturated rings. The van der Waals surface area contributed by atoms with Crippen molar-refractivity contribution in [3.05, 3.63) is 29.7 Å².